The first kappa shape index (κ1) is 15.4. The smallest absolute Gasteiger partial charge is 0.417 e. The summed E-state index contributed by atoms with van der Waals surface area (Å²) in [5.41, 5.74) is 2.37. The number of rotatable bonds is 3. The van der Waals surface area contributed by atoms with Gasteiger partial charge in [0.25, 0.3) is 0 Å². The van der Waals surface area contributed by atoms with Crippen LogP contribution in [0.25, 0.3) is 10.9 Å². The van der Waals surface area contributed by atoms with Crippen molar-refractivity contribution >= 4 is 17.0 Å². The second-order valence-corrected chi connectivity index (χ2v) is 5.86. The number of carbonyl (C=O) groups is 1. The molecule has 5 nitrogen and oxygen atoms in total. The summed E-state index contributed by atoms with van der Waals surface area (Å²) in [5.74, 6) is 0.711. The van der Waals surface area contributed by atoms with E-state index >= 15 is 0 Å². The Labute approximate surface area is 143 Å². The Morgan fingerprint density at radius 2 is 2.00 bits per heavy atom. The molecule has 0 aliphatic carbocycles. The number of pyridine rings is 1. The number of methoxy groups -OCH3 is 1. The van der Waals surface area contributed by atoms with Crippen molar-refractivity contribution in [3.05, 3.63) is 65.5 Å². The molecule has 0 bridgehead atoms. The average Bonchev–Trinajstić information content (AvgIpc) is 2.62. The quantitative estimate of drug-likeness (QED) is 0.727. The zero-order chi connectivity index (χ0) is 17.4. The van der Waals surface area contributed by atoms with E-state index in [4.69, 9.17) is 9.47 Å². The molecule has 0 spiro atoms. The molecule has 0 saturated heterocycles. The van der Waals surface area contributed by atoms with Gasteiger partial charge in [-0.25, -0.2) is 14.2 Å². The largest absolute Gasteiger partial charge is 0.497 e. The molecule has 3 aromatic rings. The maximum absolute atomic E-state index is 13.0. The topological polar surface area (TPSA) is 51.7 Å². The molecule has 0 fully saturated rings. The molecule has 2 aromatic carbocycles. The third-order valence-electron chi connectivity index (χ3n) is 4.15. The van der Waals surface area contributed by atoms with E-state index in [1.54, 1.807) is 30.2 Å². The van der Waals surface area contributed by atoms with Crippen LogP contribution >= 0.6 is 0 Å². The summed E-state index contributed by atoms with van der Waals surface area (Å²) in [5, 5.41) is 0.944. The van der Waals surface area contributed by atoms with E-state index in [1.807, 2.05) is 18.2 Å². The number of hydrogen-bond acceptors (Lipinski definition) is 4. The molecular formula is C19H15FN2O3. The highest BCUT2D eigenvalue weighted by Crippen LogP contribution is 2.30. The van der Waals surface area contributed by atoms with Gasteiger partial charge in [0, 0.05) is 23.6 Å². The van der Waals surface area contributed by atoms with Crippen molar-refractivity contribution in [2.45, 2.75) is 13.1 Å². The minimum Gasteiger partial charge on any atom is -0.497 e. The van der Waals surface area contributed by atoms with E-state index < -0.39 is 6.09 Å². The fourth-order valence-electron chi connectivity index (χ4n) is 2.85. The van der Waals surface area contributed by atoms with Gasteiger partial charge < -0.3 is 9.47 Å². The number of amides is 1. The lowest BCUT2D eigenvalue weighted by Gasteiger charge is -2.27. The van der Waals surface area contributed by atoms with E-state index in [9.17, 15) is 9.18 Å². The van der Waals surface area contributed by atoms with Crippen molar-refractivity contribution in [3.63, 3.8) is 0 Å². The molecule has 4 rings (SSSR count). The van der Waals surface area contributed by atoms with Crippen LogP contribution in [0.2, 0.25) is 0 Å². The minimum absolute atomic E-state index is 0.304. The number of carbonyl (C=O) groups excluding carboxylic acids is 1. The number of halogens is 1. The van der Waals surface area contributed by atoms with Crippen LogP contribution in [0, 0.1) is 5.82 Å². The molecule has 2 heterocycles. The van der Waals surface area contributed by atoms with Crippen LogP contribution in [0.15, 0.2) is 48.5 Å². The molecule has 126 valence electrons. The summed E-state index contributed by atoms with van der Waals surface area (Å²) in [6.07, 6.45) is -0.466. The lowest BCUT2D eigenvalue weighted by molar-refractivity contribution is 0.133. The number of aromatic nitrogens is 1. The first-order valence-corrected chi connectivity index (χ1v) is 7.81. The van der Waals surface area contributed by atoms with E-state index in [1.165, 1.54) is 12.1 Å². The molecule has 1 aliphatic rings. The van der Waals surface area contributed by atoms with E-state index in [0.29, 0.717) is 30.2 Å². The molecular weight excluding hydrogens is 323 g/mol. The fraction of sp³-hybridized carbons (Fsp3) is 0.158. The lowest BCUT2D eigenvalue weighted by Crippen LogP contribution is -2.36. The highest BCUT2D eigenvalue weighted by Gasteiger charge is 2.26. The van der Waals surface area contributed by atoms with Crippen LogP contribution in [0.1, 0.15) is 11.1 Å². The lowest BCUT2D eigenvalue weighted by atomic mass is 10.1. The number of benzene rings is 2. The minimum atomic E-state index is -0.466. The van der Waals surface area contributed by atoms with Gasteiger partial charge in [0.2, 0.25) is 5.88 Å². The zero-order valence-corrected chi connectivity index (χ0v) is 13.5. The van der Waals surface area contributed by atoms with Crippen LogP contribution in [-0.4, -0.2) is 23.1 Å². The van der Waals surface area contributed by atoms with E-state index in [2.05, 4.69) is 4.98 Å². The van der Waals surface area contributed by atoms with E-state index in [-0.39, 0.29) is 5.82 Å². The Morgan fingerprint density at radius 1 is 1.20 bits per heavy atom. The molecule has 0 unspecified atom stereocenters. The second kappa shape index (κ2) is 6.05. The molecule has 25 heavy (non-hydrogen) atoms. The third-order valence-corrected chi connectivity index (χ3v) is 4.15. The highest BCUT2D eigenvalue weighted by atomic mass is 19.1. The number of ether oxygens (including phenoxy) is 2. The zero-order valence-electron chi connectivity index (χ0n) is 13.5. The number of fused-ring (bicyclic) bond motifs is 2. The summed E-state index contributed by atoms with van der Waals surface area (Å²) >= 11 is 0. The Kier molecular flexibility index (Phi) is 3.72. The van der Waals surface area contributed by atoms with Crippen molar-refractivity contribution in [3.8, 4) is 11.6 Å². The van der Waals surface area contributed by atoms with Crippen molar-refractivity contribution in [1.82, 2.24) is 9.88 Å². The predicted molar refractivity (Wildman–Crippen MR) is 90.0 cm³/mol. The van der Waals surface area contributed by atoms with Crippen molar-refractivity contribution in [2.75, 3.05) is 7.11 Å². The van der Waals surface area contributed by atoms with Gasteiger partial charge in [-0.2, -0.15) is 0 Å². The second-order valence-electron chi connectivity index (χ2n) is 5.86. The normalized spacial score (nSPS) is 13.5. The molecule has 0 N–H and O–H groups in total. The summed E-state index contributed by atoms with van der Waals surface area (Å²) in [7, 11) is 1.59. The van der Waals surface area contributed by atoms with Crippen LogP contribution in [0.4, 0.5) is 9.18 Å². The Morgan fingerprint density at radius 3 is 2.76 bits per heavy atom. The van der Waals surface area contributed by atoms with Gasteiger partial charge in [-0.3, -0.25) is 4.90 Å². The maximum atomic E-state index is 13.0. The molecule has 0 atom stereocenters. The predicted octanol–water partition coefficient (Wildman–Crippen LogP) is 3.90. The molecule has 0 saturated carbocycles. The summed E-state index contributed by atoms with van der Waals surface area (Å²) < 4.78 is 23.6. The van der Waals surface area contributed by atoms with Gasteiger partial charge in [-0.1, -0.05) is 12.1 Å². The van der Waals surface area contributed by atoms with Gasteiger partial charge in [0.1, 0.15) is 11.6 Å². The van der Waals surface area contributed by atoms with Crippen molar-refractivity contribution in [1.29, 1.82) is 0 Å². The monoisotopic (exact) mass is 338 g/mol. The Hall–Kier alpha value is -3.15. The van der Waals surface area contributed by atoms with Crippen LogP contribution in [-0.2, 0) is 13.1 Å². The first-order valence-electron chi connectivity index (χ1n) is 7.81. The summed E-state index contributed by atoms with van der Waals surface area (Å²) in [6.45, 7) is 0.736. The number of nitrogens with zero attached hydrogens (tertiary/aromatic N) is 2. The Bertz CT molecular complexity index is 957. The summed E-state index contributed by atoms with van der Waals surface area (Å²) in [4.78, 5) is 18.2. The third kappa shape index (κ3) is 2.98. The molecule has 1 aromatic heterocycles. The van der Waals surface area contributed by atoms with Gasteiger partial charge >= 0.3 is 6.09 Å². The van der Waals surface area contributed by atoms with Crippen LogP contribution in [0.5, 0.6) is 11.6 Å². The maximum Gasteiger partial charge on any atom is 0.417 e. The number of hydrogen-bond donors (Lipinski definition) is 0. The standard InChI is InChI=1S/C19H15FN2O3/c1-24-16-7-4-13-8-14-11-22(10-12-2-5-15(20)6-3-12)19(23)25-18(14)21-17(13)9-16/h2-9H,10-11H2,1H3. The molecule has 1 amide bonds. The molecule has 0 radical (unpaired) electrons. The highest BCUT2D eigenvalue weighted by molar-refractivity contribution is 5.83. The Balaban J connectivity index is 1.63. The SMILES string of the molecule is COc1ccc2cc3c(nc2c1)OC(=O)N(Cc1ccc(F)cc1)C3. The fourth-order valence-corrected chi connectivity index (χ4v) is 2.85. The average molecular weight is 338 g/mol. The van der Waals surface area contributed by atoms with Crippen LogP contribution < -0.4 is 9.47 Å². The van der Waals surface area contributed by atoms with Gasteiger partial charge in [-0.15, -0.1) is 0 Å². The van der Waals surface area contributed by atoms with Crippen molar-refractivity contribution in [2.24, 2.45) is 0 Å². The van der Waals surface area contributed by atoms with Gasteiger partial charge in [-0.05, 0) is 35.9 Å². The first-order chi connectivity index (χ1) is 12.1. The van der Waals surface area contributed by atoms with E-state index in [0.717, 1.165) is 16.5 Å². The molecule has 6 heteroatoms. The van der Waals surface area contributed by atoms with Gasteiger partial charge in [0.05, 0.1) is 19.2 Å². The molecule has 1 aliphatic heterocycles. The summed E-state index contributed by atoms with van der Waals surface area (Å²) in [6, 6.07) is 13.6. The van der Waals surface area contributed by atoms with Crippen molar-refractivity contribution < 1.29 is 18.7 Å². The van der Waals surface area contributed by atoms with Crippen LogP contribution in [0.3, 0.4) is 0 Å². The van der Waals surface area contributed by atoms with Gasteiger partial charge in [0.15, 0.2) is 0 Å².